The van der Waals surface area contributed by atoms with Gasteiger partial charge in [-0.2, -0.15) is 0 Å². The van der Waals surface area contributed by atoms with Gasteiger partial charge in [0.05, 0.1) is 19.6 Å². The van der Waals surface area contributed by atoms with Crippen molar-refractivity contribution in [2.45, 2.75) is 5.92 Å². The summed E-state index contributed by atoms with van der Waals surface area (Å²) in [6.45, 7) is 0. The molecule has 1 aromatic carbocycles. The van der Waals surface area contributed by atoms with E-state index in [1.165, 1.54) is 13.4 Å². The average molecular weight is 284 g/mol. The van der Waals surface area contributed by atoms with Crippen LogP contribution in [0.3, 0.4) is 0 Å². The highest BCUT2D eigenvalue weighted by Gasteiger charge is 2.25. The molecule has 0 aliphatic heterocycles. The van der Waals surface area contributed by atoms with E-state index in [1.54, 1.807) is 12.3 Å². The molecule has 5 nitrogen and oxygen atoms in total. The zero-order valence-electron chi connectivity index (χ0n) is 11.2. The summed E-state index contributed by atoms with van der Waals surface area (Å²) in [6.07, 6.45) is 3.61. The maximum atomic E-state index is 11.5. The van der Waals surface area contributed by atoms with E-state index < -0.39 is 11.9 Å². The summed E-state index contributed by atoms with van der Waals surface area (Å²) in [5.74, 6) is -1.46. The molecule has 0 saturated carbocycles. The number of para-hydroxylation sites is 1. The van der Waals surface area contributed by atoms with Crippen LogP contribution in [0.15, 0.2) is 51.7 Å². The Morgan fingerprint density at radius 2 is 2.05 bits per heavy atom. The standard InChI is InChI=1S/C16H12O5/c1-19-16(18)12(7-17)15-6-10(8-20-15)13-9-21-14-5-3-2-4-11(13)14/h2-9,12H,1H3. The van der Waals surface area contributed by atoms with E-state index >= 15 is 0 Å². The highest BCUT2D eigenvalue weighted by Crippen LogP contribution is 2.33. The lowest BCUT2D eigenvalue weighted by Crippen LogP contribution is -2.14. The van der Waals surface area contributed by atoms with Crippen LogP contribution in [0.5, 0.6) is 0 Å². The van der Waals surface area contributed by atoms with Crippen LogP contribution in [0, 0.1) is 0 Å². The van der Waals surface area contributed by atoms with Crippen molar-refractivity contribution in [3.63, 3.8) is 0 Å². The van der Waals surface area contributed by atoms with E-state index in [0.717, 1.165) is 22.1 Å². The zero-order valence-corrected chi connectivity index (χ0v) is 11.2. The first-order valence-corrected chi connectivity index (χ1v) is 6.32. The molecule has 0 aliphatic carbocycles. The summed E-state index contributed by atoms with van der Waals surface area (Å²) in [7, 11) is 1.23. The Morgan fingerprint density at radius 1 is 1.24 bits per heavy atom. The van der Waals surface area contributed by atoms with Crippen LogP contribution in [-0.2, 0) is 14.3 Å². The summed E-state index contributed by atoms with van der Waals surface area (Å²) in [4.78, 5) is 22.6. The number of benzene rings is 1. The molecule has 2 aromatic heterocycles. The van der Waals surface area contributed by atoms with E-state index in [0.29, 0.717) is 6.29 Å². The van der Waals surface area contributed by atoms with E-state index in [2.05, 4.69) is 4.74 Å². The second kappa shape index (κ2) is 5.28. The molecule has 0 N–H and O–H groups in total. The number of methoxy groups -OCH3 is 1. The number of aldehydes is 1. The minimum absolute atomic E-state index is 0.247. The van der Waals surface area contributed by atoms with Crippen molar-refractivity contribution in [3.8, 4) is 11.1 Å². The van der Waals surface area contributed by atoms with Gasteiger partial charge < -0.3 is 18.4 Å². The number of esters is 1. The van der Waals surface area contributed by atoms with Crippen molar-refractivity contribution < 1.29 is 23.2 Å². The van der Waals surface area contributed by atoms with Crippen molar-refractivity contribution >= 4 is 23.2 Å². The lowest BCUT2D eigenvalue weighted by molar-refractivity contribution is -0.144. The van der Waals surface area contributed by atoms with Gasteiger partial charge in [-0.25, -0.2) is 0 Å². The molecule has 0 saturated heterocycles. The van der Waals surface area contributed by atoms with Crippen LogP contribution in [-0.4, -0.2) is 19.4 Å². The summed E-state index contributed by atoms with van der Waals surface area (Å²) in [5.41, 5.74) is 2.34. The van der Waals surface area contributed by atoms with Crippen LogP contribution >= 0.6 is 0 Å². The Bertz CT molecular complexity index is 796. The van der Waals surface area contributed by atoms with Gasteiger partial charge in [0.2, 0.25) is 0 Å². The Kier molecular flexibility index (Phi) is 3.31. The number of fused-ring (bicyclic) bond motifs is 1. The fourth-order valence-corrected chi connectivity index (χ4v) is 2.22. The molecule has 0 fully saturated rings. The minimum atomic E-state index is -1.05. The third-order valence-electron chi connectivity index (χ3n) is 3.31. The number of hydrogen-bond acceptors (Lipinski definition) is 5. The number of carbonyl (C=O) groups excluding carboxylic acids is 2. The molecule has 0 spiro atoms. The Morgan fingerprint density at radius 3 is 2.81 bits per heavy atom. The Hall–Kier alpha value is -2.82. The van der Waals surface area contributed by atoms with Crippen LogP contribution in [0.4, 0.5) is 0 Å². The van der Waals surface area contributed by atoms with Gasteiger partial charge in [0, 0.05) is 16.5 Å². The number of rotatable bonds is 4. The first-order valence-electron chi connectivity index (χ1n) is 6.32. The Balaban J connectivity index is 2.02. The fraction of sp³-hybridized carbons (Fsp3) is 0.125. The topological polar surface area (TPSA) is 69.7 Å². The molecule has 1 unspecified atom stereocenters. The average Bonchev–Trinajstić information content (AvgIpc) is 3.14. The molecule has 0 amide bonds. The first-order chi connectivity index (χ1) is 10.2. The summed E-state index contributed by atoms with van der Waals surface area (Å²) >= 11 is 0. The number of carbonyl (C=O) groups is 2. The van der Waals surface area contributed by atoms with Crippen LogP contribution in [0.25, 0.3) is 22.1 Å². The number of hydrogen-bond donors (Lipinski definition) is 0. The lowest BCUT2D eigenvalue weighted by Gasteiger charge is -2.03. The largest absolute Gasteiger partial charge is 0.468 e. The van der Waals surface area contributed by atoms with Crippen molar-refractivity contribution in [1.82, 2.24) is 0 Å². The van der Waals surface area contributed by atoms with Gasteiger partial charge in [-0.3, -0.25) is 4.79 Å². The van der Waals surface area contributed by atoms with Gasteiger partial charge in [0.25, 0.3) is 0 Å². The highest BCUT2D eigenvalue weighted by molar-refractivity contribution is 5.96. The van der Waals surface area contributed by atoms with E-state index in [9.17, 15) is 9.59 Å². The van der Waals surface area contributed by atoms with Crippen LogP contribution < -0.4 is 0 Å². The maximum Gasteiger partial charge on any atom is 0.323 e. The molecule has 0 radical (unpaired) electrons. The normalized spacial score (nSPS) is 12.2. The third-order valence-corrected chi connectivity index (χ3v) is 3.31. The summed E-state index contributed by atoms with van der Waals surface area (Å²) in [6, 6.07) is 9.23. The van der Waals surface area contributed by atoms with Crippen LogP contribution in [0.1, 0.15) is 11.7 Å². The predicted molar refractivity (Wildman–Crippen MR) is 74.7 cm³/mol. The monoisotopic (exact) mass is 284 g/mol. The molecule has 3 aromatic rings. The van der Waals surface area contributed by atoms with E-state index in [1.807, 2.05) is 24.3 Å². The van der Waals surface area contributed by atoms with Gasteiger partial charge in [-0.15, -0.1) is 0 Å². The molecular weight excluding hydrogens is 272 g/mol. The highest BCUT2D eigenvalue weighted by atomic mass is 16.5. The molecule has 0 bridgehead atoms. The maximum absolute atomic E-state index is 11.5. The molecule has 5 heteroatoms. The molecule has 0 aliphatic rings. The second-order valence-electron chi connectivity index (χ2n) is 4.52. The fourth-order valence-electron chi connectivity index (χ4n) is 2.22. The lowest BCUT2D eigenvalue weighted by atomic mass is 10.0. The second-order valence-corrected chi connectivity index (χ2v) is 4.52. The number of furan rings is 2. The van der Waals surface area contributed by atoms with Gasteiger partial charge in [-0.1, -0.05) is 18.2 Å². The van der Waals surface area contributed by atoms with Crippen LogP contribution in [0.2, 0.25) is 0 Å². The van der Waals surface area contributed by atoms with E-state index in [-0.39, 0.29) is 5.76 Å². The van der Waals surface area contributed by atoms with E-state index in [4.69, 9.17) is 8.83 Å². The quantitative estimate of drug-likeness (QED) is 0.418. The van der Waals surface area contributed by atoms with Crippen molar-refractivity contribution in [2.75, 3.05) is 7.11 Å². The Labute approximate surface area is 120 Å². The molecular formula is C16H12O5. The van der Waals surface area contributed by atoms with Gasteiger partial charge in [0.1, 0.15) is 17.6 Å². The van der Waals surface area contributed by atoms with Gasteiger partial charge in [0.15, 0.2) is 5.92 Å². The van der Waals surface area contributed by atoms with Gasteiger partial charge >= 0.3 is 5.97 Å². The molecule has 21 heavy (non-hydrogen) atoms. The van der Waals surface area contributed by atoms with Crippen molar-refractivity contribution in [3.05, 3.63) is 48.6 Å². The SMILES string of the molecule is COC(=O)C(C=O)c1cc(-c2coc3ccccc23)co1. The molecule has 106 valence electrons. The smallest absolute Gasteiger partial charge is 0.323 e. The predicted octanol–water partition coefficient (Wildman–Crippen LogP) is 3.15. The molecule has 3 rings (SSSR count). The first kappa shape index (κ1) is 13.2. The molecule has 2 heterocycles. The zero-order chi connectivity index (χ0) is 14.8. The van der Waals surface area contributed by atoms with Crippen molar-refractivity contribution in [2.24, 2.45) is 0 Å². The minimum Gasteiger partial charge on any atom is -0.468 e. The third kappa shape index (κ3) is 2.23. The molecule has 1 atom stereocenters. The van der Waals surface area contributed by atoms with Gasteiger partial charge in [-0.05, 0) is 12.1 Å². The summed E-state index contributed by atoms with van der Waals surface area (Å²) in [5, 5.41) is 0.936. The van der Waals surface area contributed by atoms with Crippen molar-refractivity contribution in [1.29, 1.82) is 0 Å². The number of ether oxygens (including phenoxy) is 1. The summed E-state index contributed by atoms with van der Waals surface area (Å²) < 4.78 is 15.4.